The van der Waals surface area contributed by atoms with Crippen LogP contribution in [0.1, 0.15) is 30.8 Å². The van der Waals surface area contributed by atoms with Gasteiger partial charge in [0.1, 0.15) is 10.7 Å². The molecule has 7 heteroatoms. The first kappa shape index (κ1) is 15.7. The first-order valence-corrected chi connectivity index (χ1v) is 8.25. The monoisotopic (exact) mass is 324 g/mol. The molecule has 0 saturated carbocycles. The second-order valence-electron chi connectivity index (χ2n) is 4.94. The van der Waals surface area contributed by atoms with Gasteiger partial charge in [-0.05, 0) is 17.4 Å². The van der Waals surface area contributed by atoms with Gasteiger partial charge in [-0.3, -0.25) is 9.59 Å². The van der Waals surface area contributed by atoms with Crippen LogP contribution in [0.3, 0.4) is 0 Å². The van der Waals surface area contributed by atoms with Crippen molar-refractivity contribution < 1.29 is 14.7 Å². The van der Waals surface area contributed by atoms with Crippen LogP contribution in [-0.4, -0.2) is 28.0 Å². The van der Waals surface area contributed by atoms with Crippen molar-refractivity contribution in [2.24, 2.45) is 5.92 Å². The van der Waals surface area contributed by atoms with Gasteiger partial charge in [-0.1, -0.05) is 19.9 Å². The molecule has 0 aliphatic rings. The smallest absolute Gasteiger partial charge is 0.305 e. The highest BCUT2D eigenvalue weighted by Gasteiger charge is 2.21. The second-order valence-corrected chi connectivity index (χ2v) is 6.74. The number of carbonyl (C=O) groups excluding carboxylic acids is 1. The Labute approximate surface area is 130 Å². The molecule has 1 unspecified atom stereocenters. The topological polar surface area (TPSA) is 79.3 Å². The largest absolute Gasteiger partial charge is 0.481 e. The number of thiophene rings is 1. The average molecular weight is 324 g/mol. The van der Waals surface area contributed by atoms with Crippen LogP contribution >= 0.6 is 22.7 Å². The van der Waals surface area contributed by atoms with Gasteiger partial charge in [0.2, 0.25) is 0 Å². The molecule has 2 rings (SSSR count). The molecule has 2 aromatic rings. The number of amides is 1. The molecule has 0 aliphatic carbocycles. The van der Waals surface area contributed by atoms with Crippen LogP contribution in [0.15, 0.2) is 22.9 Å². The molecule has 0 saturated heterocycles. The summed E-state index contributed by atoms with van der Waals surface area (Å²) in [6.07, 6.45) is -0.0919. The summed E-state index contributed by atoms with van der Waals surface area (Å²) in [5.74, 6) is -1.21. The Morgan fingerprint density at radius 1 is 1.38 bits per heavy atom. The van der Waals surface area contributed by atoms with E-state index in [0.29, 0.717) is 5.69 Å². The van der Waals surface area contributed by atoms with Gasteiger partial charge >= 0.3 is 5.97 Å². The summed E-state index contributed by atoms with van der Waals surface area (Å²) in [5, 5.41) is 16.1. The molecule has 1 amide bonds. The van der Waals surface area contributed by atoms with Gasteiger partial charge in [-0.25, -0.2) is 4.98 Å². The molecular weight excluding hydrogens is 308 g/mol. The third kappa shape index (κ3) is 4.12. The van der Waals surface area contributed by atoms with Crippen molar-refractivity contribution in [3.63, 3.8) is 0 Å². The molecule has 0 fully saturated rings. The lowest BCUT2D eigenvalue weighted by atomic mass is 10.0. The zero-order valence-corrected chi connectivity index (χ0v) is 13.3. The maximum Gasteiger partial charge on any atom is 0.305 e. The fraction of sp³-hybridized carbons (Fsp3) is 0.357. The summed E-state index contributed by atoms with van der Waals surface area (Å²) in [6, 6.07) is 3.48. The third-order valence-corrected chi connectivity index (χ3v) is 4.87. The number of nitrogens with one attached hydrogen (secondary N) is 1. The molecule has 5 nitrogen and oxygen atoms in total. The molecule has 112 valence electrons. The Kier molecular flexibility index (Phi) is 5.08. The quantitative estimate of drug-likeness (QED) is 0.856. The Balaban J connectivity index is 2.07. The van der Waals surface area contributed by atoms with Gasteiger partial charge < -0.3 is 10.4 Å². The van der Waals surface area contributed by atoms with E-state index in [9.17, 15) is 9.59 Å². The van der Waals surface area contributed by atoms with Gasteiger partial charge in [0, 0.05) is 11.4 Å². The minimum Gasteiger partial charge on any atom is -0.481 e. The van der Waals surface area contributed by atoms with Gasteiger partial charge in [-0.15, -0.1) is 22.7 Å². The lowest BCUT2D eigenvalue weighted by Gasteiger charge is -2.19. The molecule has 2 aromatic heterocycles. The number of carbonyl (C=O) groups is 2. The van der Waals surface area contributed by atoms with Crippen LogP contribution in [0.5, 0.6) is 0 Å². The van der Waals surface area contributed by atoms with E-state index in [1.807, 2.05) is 31.4 Å². The Morgan fingerprint density at radius 2 is 2.14 bits per heavy atom. The number of carboxylic acid groups (broad SMARTS) is 1. The van der Waals surface area contributed by atoms with Crippen molar-refractivity contribution in [2.75, 3.05) is 0 Å². The number of carboxylic acids is 1. The molecule has 0 radical (unpaired) electrons. The predicted octanol–water partition coefficient (Wildman–Crippen LogP) is 3.10. The van der Waals surface area contributed by atoms with Crippen molar-refractivity contribution in [3.05, 3.63) is 28.6 Å². The number of hydrogen-bond donors (Lipinski definition) is 2. The number of thiazole rings is 1. The third-order valence-electron chi connectivity index (χ3n) is 2.98. The summed E-state index contributed by atoms with van der Waals surface area (Å²) in [7, 11) is 0. The van der Waals surface area contributed by atoms with Crippen LogP contribution in [0.25, 0.3) is 9.88 Å². The van der Waals surface area contributed by atoms with Gasteiger partial charge in [-0.2, -0.15) is 0 Å². The van der Waals surface area contributed by atoms with Gasteiger partial charge in [0.05, 0.1) is 11.3 Å². The van der Waals surface area contributed by atoms with Crippen molar-refractivity contribution in [3.8, 4) is 9.88 Å². The number of aromatic nitrogens is 1. The fourth-order valence-corrected chi connectivity index (χ4v) is 3.39. The molecule has 2 heterocycles. The molecule has 0 aliphatic heterocycles. The molecule has 1 atom stereocenters. The van der Waals surface area contributed by atoms with Crippen molar-refractivity contribution >= 4 is 34.6 Å². The standard InChI is InChI=1S/C14H16N2O3S2/c1-8(2)9(6-12(17)18)15-13(19)10-7-21-14(16-10)11-4-3-5-20-11/h3-5,7-9H,6H2,1-2H3,(H,15,19)(H,17,18). The number of rotatable bonds is 6. The highest BCUT2D eigenvalue weighted by Crippen LogP contribution is 2.27. The average Bonchev–Trinajstić information content (AvgIpc) is 3.08. The van der Waals surface area contributed by atoms with Gasteiger partial charge in [0.25, 0.3) is 5.91 Å². The SMILES string of the molecule is CC(C)C(CC(=O)O)NC(=O)c1csc(-c2cccs2)n1. The maximum atomic E-state index is 12.2. The summed E-state index contributed by atoms with van der Waals surface area (Å²) >= 11 is 2.97. The molecule has 0 aromatic carbocycles. The molecular formula is C14H16N2O3S2. The summed E-state index contributed by atoms with van der Waals surface area (Å²) in [5.41, 5.74) is 0.333. The number of nitrogens with zero attached hydrogens (tertiary/aromatic N) is 1. The van der Waals surface area contributed by atoms with Crippen molar-refractivity contribution in [1.29, 1.82) is 0 Å². The fourth-order valence-electron chi connectivity index (χ4n) is 1.78. The van der Waals surface area contributed by atoms with E-state index in [2.05, 4.69) is 10.3 Å². The molecule has 0 bridgehead atoms. The maximum absolute atomic E-state index is 12.2. The highest BCUT2D eigenvalue weighted by atomic mass is 32.1. The van der Waals surface area contributed by atoms with Crippen molar-refractivity contribution in [2.45, 2.75) is 26.3 Å². The van der Waals surface area contributed by atoms with E-state index in [-0.39, 0.29) is 18.2 Å². The molecule has 2 N–H and O–H groups in total. The Hall–Kier alpha value is -1.73. The summed E-state index contributed by atoms with van der Waals surface area (Å²) in [6.45, 7) is 3.76. The van der Waals surface area contributed by atoms with Crippen LogP contribution in [0, 0.1) is 5.92 Å². The molecule has 21 heavy (non-hydrogen) atoms. The first-order valence-electron chi connectivity index (χ1n) is 6.49. The van der Waals surface area contributed by atoms with E-state index < -0.39 is 12.0 Å². The highest BCUT2D eigenvalue weighted by molar-refractivity contribution is 7.20. The van der Waals surface area contributed by atoms with E-state index in [1.165, 1.54) is 11.3 Å². The Bertz CT molecular complexity index is 620. The number of hydrogen-bond acceptors (Lipinski definition) is 5. The van der Waals surface area contributed by atoms with E-state index >= 15 is 0 Å². The predicted molar refractivity (Wildman–Crippen MR) is 83.8 cm³/mol. The first-order chi connectivity index (χ1) is 9.97. The van der Waals surface area contributed by atoms with E-state index in [0.717, 1.165) is 9.88 Å². The molecule has 0 spiro atoms. The summed E-state index contributed by atoms with van der Waals surface area (Å²) < 4.78 is 0. The zero-order valence-electron chi connectivity index (χ0n) is 11.7. The lowest BCUT2D eigenvalue weighted by Crippen LogP contribution is -2.40. The zero-order chi connectivity index (χ0) is 15.4. The Morgan fingerprint density at radius 3 is 2.71 bits per heavy atom. The number of aliphatic carboxylic acids is 1. The normalized spacial score (nSPS) is 12.3. The van der Waals surface area contributed by atoms with Crippen molar-refractivity contribution in [1.82, 2.24) is 10.3 Å². The van der Waals surface area contributed by atoms with Crippen LogP contribution < -0.4 is 5.32 Å². The van der Waals surface area contributed by atoms with Crippen LogP contribution in [-0.2, 0) is 4.79 Å². The van der Waals surface area contributed by atoms with Crippen LogP contribution in [0.2, 0.25) is 0 Å². The summed E-state index contributed by atoms with van der Waals surface area (Å²) in [4.78, 5) is 28.3. The minimum atomic E-state index is -0.924. The van der Waals surface area contributed by atoms with Gasteiger partial charge in [0.15, 0.2) is 0 Å². The minimum absolute atomic E-state index is 0.0421. The lowest BCUT2D eigenvalue weighted by molar-refractivity contribution is -0.137. The van der Waals surface area contributed by atoms with E-state index in [4.69, 9.17) is 5.11 Å². The van der Waals surface area contributed by atoms with Crippen LogP contribution in [0.4, 0.5) is 0 Å². The van der Waals surface area contributed by atoms with E-state index in [1.54, 1.807) is 16.7 Å². The second kappa shape index (κ2) is 6.82.